The van der Waals surface area contributed by atoms with Crippen LogP contribution < -0.4 is 0 Å². The standard InChI is InChI=1S/C22H25ClO9/c1-11(5-6-29-13(3)24)19(26)30-16-9-21(4)17(25)8-14(32-21)12(2)7-15-18(16)22(28,10-23)20(27)31-15/h5,7-8,15-16,18,28H,6,9-10H2,1-4H3/b11-5+,12-7-/t15-,16-,18+,21+,22+/m1/s1. The van der Waals surface area contributed by atoms with Gasteiger partial charge in [0.1, 0.15) is 24.6 Å². The van der Waals surface area contributed by atoms with Gasteiger partial charge in [-0.15, -0.1) is 11.6 Å². The monoisotopic (exact) mass is 468 g/mol. The molecule has 0 amide bonds. The van der Waals surface area contributed by atoms with Crippen molar-refractivity contribution in [3.05, 3.63) is 35.1 Å². The van der Waals surface area contributed by atoms with E-state index in [1.807, 2.05) is 0 Å². The third-order valence-electron chi connectivity index (χ3n) is 5.88. The summed E-state index contributed by atoms with van der Waals surface area (Å²) in [5.74, 6) is -3.82. The van der Waals surface area contributed by atoms with Crippen molar-refractivity contribution in [1.29, 1.82) is 0 Å². The van der Waals surface area contributed by atoms with Crippen molar-refractivity contribution < 1.29 is 43.2 Å². The van der Waals surface area contributed by atoms with Crippen LogP contribution in [-0.2, 0) is 38.1 Å². The molecule has 0 saturated carbocycles. The van der Waals surface area contributed by atoms with Gasteiger partial charge >= 0.3 is 17.9 Å². The van der Waals surface area contributed by atoms with Gasteiger partial charge in [0, 0.05) is 25.0 Å². The molecule has 3 aliphatic heterocycles. The van der Waals surface area contributed by atoms with E-state index in [1.54, 1.807) is 19.9 Å². The Balaban J connectivity index is 1.99. The van der Waals surface area contributed by atoms with E-state index < -0.39 is 53.1 Å². The number of ether oxygens (including phenoxy) is 4. The van der Waals surface area contributed by atoms with Crippen LogP contribution in [0.15, 0.2) is 35.1 Å². The van der Waals surface area contributed by atoms with Gasteiger partial charge in [-0.1, -0.05) is 0 Å². The van der Waals surface area contributed by atoms with Crippen LogP contribution in [0.2, 0.25) is 0 Å². The lowest BCUT2D eigenvalue weighted by Gasteiger charge is -2.35. The quantitative estimate of drug-likeness (QED) is 0.276. The van der Waals surface area contributed by atoms with Crippen molar-refractivity contribution in [3.63, 3.8) is 0 Å². The predicted molar refractivity (Wildman–Crippen MR) is 110 cm³/mol. The SMILES string of the molecule is CC(=O)OC/C=C(\C)C(=O)O[C@@H]1C[C@]2(C)OC(=CC2=O)/C(C)=C\[C@H]2OC(=O)[C@](O)(CCl)[C@@H]21. The van der Waals surface area contributed by atoms with Crippen molar-refractivity contribution in [3.8, 4) is 0 Å². The number of fused-ring (bicyclic) bond motifs is 3. The minimum Gasteiger partial charge on any atom is -0.479 e. The molecule has 1 fully saturated rings. The van der Waals surface area contributed by atoms with Crippen LogP contribution in [0.5, 0.6) is 0 Å². The molecule has 0 aliphatic carbocycles. The fourth-order valence-corrected chi connectivity index (χ4v) is 4.28. The summed E-state index contributed by atoms with van der Waals surface area (Å²) in [6, 6.07) is 0. The molecule has 10 heteroatoms. The summed E-state index contributed by atoms with van der Waals surface area (Å²) < 4.78 is 21.7. The predicted octanol–water partition coefficient (Wildman–Crippen LogP) is 1.51. The summed E-state index contributed by atoms with van der Waals surface area (Å²) in [5.41, 5.74) is -2.84. The van der Waals surface area contributed by atoms with E-state index in [1.165, 1.54) is 26.0 Å². The van der Waals surface area contributed by atoms with Crippen molar-refractivity contribution in [2.45, 2.75) is 57.5 Å². The molecule has 2 bridgehead atoms. The average Bonchev–Trinajstić information content (AvgIpc) is 3.14. The normalized spacial score (nSPS) is 35.8. The number of halogens is 1. The topological polar surface area (TPSA) is 125 Å². The molecule has 9 nitrogen and oxygen atoms in total. The minimum atomic E-state index is -2.14. The second-order valence-electron chi connectivity index (χ2n) is 8.35. The Bertz CT molecular complexity index is 949. The number of hydrogen-bond donors (Lipinski definition) is 1. The van der Waals surface area contributed by atoms with Crippen LogP contribution in [0, 0.1) is 5.92 Å². The summed E-state index contributed by atoms with van der Waals surface area (Å²) in [5, 5.41) is 11.1. The van der Waals surface area contributed by atoms with Gasteiger partial charge in [-0.05, 0) is 38.5 Å². The Kier molecular flexibility index (Phi) is 6.53. The van der Waals surface area contributed by atoms with Gasteiger partial charge in [0.25, 0.3) is 0 Å². The zero-order valence-electron chi connectivity index (χ0n) is 18.2. The van der Waals surface area contributed by atoms with Crippen LogP contribution in [0.1, 0.15) is 34.1 Å². The minimum absolute atomic E-state index is 0.130. The number of esters is 3. The van der Waals surface area contributed by atoms with Crippen molar-refractivity contribution >= 4 is 35.3 Å². The molecule has 32 heavy (non-hydrogen) atoms. The van der Waals surface area contributed by atoms with Crippen LogP contribution in [0.3, 0.4) is 0 Å². The van der Waals surface area contributed by atoms with Gasteiger partial charge in [-0.25, -0.2) is 9.59 Å². The Morgan fingerprint density at radius 3 is 2.66 bits per heavy atom. The maximum atomic E-state index is 12.8. The molecule has 0 aromatic carbocycles. The molecular weight excluding hydrogens is 444 g/mol. The van der Waals surface area contributed by atoms with Gasteiger partial charge in [0.2, 0.25) is 5.78 Å². The third-order valence-corrected chi connectivity index (χ3v) is 6.28. The van der Waals surface area contributed by atoms with E-state index >= 15 is 0 Å². The number of carbonyl (C=O) groups excluding carboxylic acids is 4. The number of alkyl halides is 1. The molecule has 5 atom stereocenters. The maximum Gasteiger partial charge on any atom is 0.340 e. The highest BCUT2D eigenvalue weighted by Crippen LogP contribution is 2.45. The van der Waals surface area contributed by atoms with E-state index in [-0.39, 0.29) is 24.4 Å². The van der Waals surface area contributed by atoms with Crippen LogP contribution in [0.25, 0.3) is 0 Å². The van der Waals surface area contributed by atoms with Crippen LogP contribution >= 0.6 is 11.6 Å². The van der Waals surface area contributed by atoms with Crippen molar-refractivity contribution in [1.82, 2.24) is 0 Å². The number of hydrogen-bond acceptors (Lipinski definition) is 9. The summed E-state index contributed by atoms with van der Waals surface area (Å²) in [7, 11) is 0. The molecule has 3 aliphatic rings. The molecule has 1 N–H and O–H groups in total. The Labute approximate surface area is 190 Å². The van der Waals surface area contributed by atoms with E-state index in [9.17, 15) is 24.3 Å². The van der Waals surface area contributed by atoms with E-state index in [2.05, 4.69) is 0 Å². The number of aliphatic hydroxyl groups is 1. The molecule has 0 unspecified atom stereocenters. The summed E-state index contributed by atoms with van der Waals surface area (Å²) in [4.78, 5) is 48.9. The highest BCUT2D eigenvalue weighted by molar-refractivity contribution is 6.20. The zero-order valence-corrected chi connectivity index (χ0v) is 18.9. The molecule has 0 aromatic rings. The summed E-state index contributed by atoms with van der Waals surface area (Å²) in [6.45, 7) is 5.80. The number of rotatable bonds is 5. The third kappa shape index (κ3) is 4.31. The molecule has 0 spiro atoms. The molecular formula is C22H25ClO9. The zero-order chi connectivity index (χ0) is 23.8. The molecule has 0 radical (unpaired) electrons. The lowest BCUT2D eigenvalue weighted by Crippen LogP contribution is -2.52. The van der Waals surface area contributed by atoms with Crippen molar-refractivity contribution in [2.75, 3.05) is 12.5 Å². The summed E-state index contributed by atoms with van der Waals surface area (Å²) >= 11 is 5.96. The fraction of sp³-hybridized carbons (Fsp3) is 0.545. The van der Waals surface area contributed by atoms with Gasteiger partial charge in [0.05, 0.1) is 11.8 Å². The average molecular weight is 469 g/mol. The Morgan fingerprint density at radius 2 is 2.03 bits per heavy atom. The van der Waals surface area contributed by atoms with Gasteiger partial charge in [-0.2, -0.15) is 0 Å². The molecule has 3 rings (SSSR count). The molecule has 1 saturated heterocycles. The number of ketones is 1. The van der Waals surface area contributed by atoms with E-state index in [0.29, 0.717) is 11.3 Å². The fourth-order valence-electron chi connectivity index (χ4n) is 3.99. The van der Waals surface area contributed by atoms with Crippen molar-refractivity contribution in [2.24, 2.45) is 5.92 Å². The highest BCUT2D eigenvalue weighted by atomic mass is 35.5. The Morgan fingerprint density at radius 1 is 1.34 bits per heavy atom. The lowest BCUT2D eigenvalue weighted by molar-refractivity contribution is -0.163. The maximum absolute atomic E-state index is 12.8. The van der Waals surface area contributed by atoms with Crippen LogP contribution in [-0.4, -0.2) is 64.7 Å². The number of carbonyl (C=O) groups is 4. The van der Waals surface area contributed by atoms with Gasteiger partial charge in [-0.3, -0.25) is 9.59 Å². The first kappa shape index (κ1) is 24.0. The second-order valence-corrected chi connectivity index (χ2v) is 8.61. The Hall–Kier alpha value is -2.65. The first-order valence-electron chi connectivity index (χ1n) is 10.1. The lowest BCUT2D eigenvalue weighted by atomic mass is 9.77. The van der Waals surface area contributed by atoms with Gasteiger partial charge in [0.15, 0.2) is 11.2 Å². The smallest absolute Gasteiger partial charge is 0.340 e. The summed E-state index contributed by atoms with van der Waals surface area (Å²) in [6.07, 6.45) is 1.99. The number of allylic oxidation sites excluding steroid dienone is 1. The molecule has 0 aromatic heterocycles. The van der Waals surface area contributed by atoms with Crippen LogP contribution in [0.4, 0.5) is 0 Å². The van der Waals surface area contributed by atoms with E-state index in [0.717, 1.165) is 0 Å². The first-order chi connectivity index (χ1) is 14.9. The van der Waals surface area contributed by atoms with E-state index in [4.69, 9.17) is 30.5 Å². The molecule has 174 valence electrons. The van der Waals surface area contributed by atoms with Gasteiger partial charge < -0.3 is 24.1 Å². The molecule has 3 heterocycles. The first-order valence-corrected chi connectivity index (χ1v) is 10.6. The highest BCUT2D eigenvalue weighted by Gasteiger charge is 2.62. The second kappa shape index (κ2) is 8.71. The largest absolute Gasteiger partial charge is 0.479 e.